The van der Waals surface area contributed by atoms with Gasteiger partial charge in [-0.2, -0.15) is 0 Å². The first kappa shape index (κ1) is 83.4. The molecule has 0 amide bonds. The number of anilines is 10. The Hall–Kier alpha value is -13.5. The molecule has 0 radical (unpaired) electrons. The monoisotopic (exact) mass is 1660 g/mol. The first-order valence-electron chi connectivity index (χ1n) is 44.5. The third-order valence-electron chi connectivity index (χ3n) is 27.5. The lowest BCUT2D eigenvalue weighted by Crippen LogP contribution is -2.49. The van der Waals surface area contributed by atoms with Gasteiger partial charge in [0.2, 0.25) is 11.4 Å². The molecule has 0 fully saturated rings. The number of benzene rings is 11. The van der Waals surface area contributed by atoms with E-state index in [2.05, 4.69) is 472 Å². The van der Waals surface area contributed by atoms with Crippen LogP contribution in [0.1, 0.15) is 156 Å². The standard InChI is InChI=1S/2C31H31N3O.C31H30N2O.C19H25N3/c1-19-11-7-8-12-24(19)33-22(4)34(26-14-10-9-13-25(26)33)31(5,6)29-20(2)15-18-27-28(29)23-17-16-21(3)32-30(23)35-27;1-19-11-7-8-12-25(19)31(5,6)34-22(4)33(26-13-9-10-14-27(26)34)28-20(2)15-17-23-24-18-16-21(3)32-30(24)35-29(23)28;1-20-12-6-8-14-25(20)31(4,5)33-22(3)32(26-15-9-10-16-27(26)33)29-21(2)18-19-24-23-13-7-11-17-28(23)34-30(24)29;1-15-9-6-7-10-17(15)19(3,4)22-14-13-21(16(22)2)18-11-8-12-20(18)5/h2*7-18,22H,1-6H3;6-19,22H,1-5H3;6-14,16H,1-5H3/t3*22-;16-/m1111/s1. The minimum atomic E-state index is -0.321. The fourth-order valence-electron chi connectivity index (χ4n) is 21.8. The number of rotatable bonds is 12. The molecule has 126 heavy (non-hydrogen) atoms. The zero-order chi connectivity index (χ0) is 88.5. The molecule has 17 aromatic rings. The summed E-state index contributed by atoms with van der Waals surface area (Å²) < 4.78 is 21.4. The van der Waals surface area contributed by atoms with E-state index in [0.29, 0.717) is 11.4 Å². The fraction of sp³-hybridized carbons (Fsp3) is 0.268. The molecule has 11 aromatic carbocycles. The average molecular weight is 1670 g/mol. The van der Waals surface area contributed by atoms with Crippen molar-refractivity contribution in [3.63, 3.8) is 0 Å². The second-order valence-electron chi connectivity index (χ2n) is 37.0. The van der Waals surface area contributed by atoms with Gasteiger partial charge in [0.1, 0.15) is 41.6 Å². The number of aromatic nitrogens is 3. The van der Waals surface area contributed by atoms with Gasteiger partial charge in [-0.1, -0.05) is 176 Å². The van der Waals surface area contributed by atoms with Gasteiger partial charge in [0.25, 0.3) is 0 Å². The Morgan fingerprint density at radius 1 is 0.294 bits per heavy atom. The molecule has 4 atom stereocenters. The zero-order valence-corrected chi connectivity index (χ0v) is 77.1. The molecule has 0 N–H and O–H groups in total. The number of pyridine rings is 2. The van der Waals surface area contributed by atoms with Gasteiger partial charge in [-0.3, -0.25) is 0 Å². The van der Waals surface area contributed by atoms with Crippen molar-refractivity contribution in [2.45, 2.75) is 192 Å². The topological polar surface area (TPSA) is 96.0 Å². The summed E-state index contributed by atoms with van der Waals surface area (Å²) in [4.78, 5) is 29.2. The average Bonchev–Trinajstić information content (AvgIpc) is 1.56. The van der Waals surface area contributed by atoms with Gasteiger partial charge in [0.15, 0.2) is 11.2 Å². The predicted octanol–water partition coefficient (Wildman–Crippen LogP) is 28.9. The largest absolute Gasteiger partial charge is 0.454 e. The van der Waals surface area contributed by atoms with E-state index >= 15 is 0 Å². The van der Waals surface area contributed by atoms with Crippen LogP contribution in [0.15, 0.2) is 299 Å². The van der Waals surface area contributed by atoms with E-state index in [0.717, 1.165) is 77.4 Å². The van der Waals surface area contributed by atoms with Crippen LogP contribution in [0.2, 0.25) is 0 Å². The van der Waals surface area contributed by atoms with Crippen molar-refractivity contribution >= 4 is 123 Å². The Morgan fingerprint density at radius 3 is 1.21 bits per heavy atom. The molecule has 10 heterocycles. The lowest BCUT2D eigenvalue weighted by molar-refractivity contribution is 0.152. The highest BCUT2D eigenvalue weighted by molar-refractivity contribution is 6.12. The van der Waals surface area contributed by atoms with Crippen LogP contribution in [-0.4, -0.2) is 44.1 Å². The molecule has 4 aliphatic rings. The molecule has 638 valence electrons. The second kappa shape index (κ2) is 31.9. The van der Waals surface area contributed by atoms with Crippen LogP contribution in [0.25, 0.3) is 66.1 Å². The zero-order valence-electron chi connectivity index (χ0n) is 77.1. The van der Waals surface area contributed by atoms with Gasteiger partial charge in [0, 0.05) is 75.0 Å². The first-order valence-corrected chi connectivity index (χ1v) is 44.5. The summed E-state index contributed by atoms with van der Waals surface area (Å²) in [7, 11) is 2.09. The highest BCUT2D eigenvalue weighted by atomic mass is 16.3. The lowest BCUT2D eigenvalue weighted by atomic mass is 9.84. The second-order valence-corrected chi connectivity index (χ2v) is 37.0. The number of furan rings is 3. The molecule has 0 spiro atoms. The summed E-state index contributed by atoms with van der Waals surface area (Å²) in [5.74, 6) is 1.21. The summed E-state index contributed by atoms with van der Waals surface area (Å²) in [6, 6.07) is 95.1. The predicted molar refractivity (Wildman–Crippen MR) is 527 cm³/mol. The summed E-state index contributed by atoms with van der Waals surface area (Å²) in [5, 5.41) is 6.73. The van der Waals surface area contributed by atoms with Crippen LogP contribution in [-0.2, 0) is 29.2 Å². The quantitative estimate of drug-likeness (QED) is 0.116. The van der Waals surface area contributed by atoms with Crippen molar-refractivity contribution < 1.29 is 13.3 Å². The van der Waals surface area contributed by atoms with E-state index in [-0.39, 0.29) is 46.8 Å². The maximum absolute atomic E-state index is 6.50. The highest BCUT2D eigenvalue weighted by Crippen LogP contribution is 2.57. The highest BCUT2D eigenvalue weighted by Gasteiger charge is 2.48. The minimum Gasteiger partial charge on any atom is -0.454 e. The molecule has 0 saturated carbocycles. The van der Waals surface area contributed by atoms with Crippen LogP contribution >= 0.6 is 0 Å². The molecular formula is C112H117N11O3. The van der Waals surface area contributed by atoms with Crippen molar-refractivity contribution in [1.82, 2.24) is 19.4 Å². The van der Waals surface area contributed by atoms with Gasteiger partial charge in [0.05, 0.1) is 67.7 Å². The fourth-order valence-corrected chi connectivity index (χ4v) is 21.8. The van der Waals surface area contributed by atoms with E-state index in [9.17, 15) is 0 Å². The van der Waals surface area contributed by atoms with Crippen molar-refractivity contribution in [2.24, 2.45) is 7.05 Å². The third kappa shape index (κ3) is 13.8. The Kier molecular flexibility index (Phi) is 21.2. The molecule has 21 rings (SSSR count). The maximum atomic E-state index is 6.50. The smallest absolute Gasteiger partial charge is 0.227 e. The number of fused-ring (bicyclic) bond motifs is 12. The van der Waals surface area contributed by atoms with E-state index in [1.54, 1.807) is 0 Å². The van der Waals surface area contributed by atoms with Crippen LogP contribution < -0.4 is 34.3 Å². The molecule has 6 aromatic heterocycles. The normalized spacial score (nSPS) is 16.3. The van der Waals surface area contributed by atoms with Gasteiger partial charge in [-0.25, -0.2) is 9.97 Å². The Balaban J connectivity index is 0.000000115. The summed E-state index contributed by atoms with van der Waals surface area (Å²) in [5.41, 5.74) is 31.3. The number of aryl methyl sites for hydroxylation is 10. The van der Waals surface area contributed by atoms with Crippen molar-refractivity contribution in [3.8, 4) is 0 Å². The van der Waals surface area contributed by atoms with Crippen LogP contribution in [0.5, 0.6) is 0 Å². The molecule has 0 bridgehead atoms. The van der Waals surface area contributed by atoms with Crippen molar-refractivity contribution in [1.29, 1.82) is 0 Å². The van der Waals surface area contributed by atoms with Crippen LogP contribution in [0.4, 0.5) is 57.0 Å². The number of hydrogen-bond donors (Lipinski definition) is 0. The Bertz CT molecular complexity index is 7070. The minimum absolute atomic E-state index is 0.0544. The number of para-hydroxylation sites is 8. The molecule has 14 nitrogen and oxygen atoms in total. The van der Waals surface area contributed by atoms with E-state index < -0.39 is 0 Å². The van der Waals surface area contributed by atoms with E-state index in [1.165, 1.54) is 107 Å². The number of hydrogen-bond acceptors (Lipinski definition) is 13. The summed E-state index contributed by atoms with van der Waals surface area (Å²) >= 11 is 0. The Morgan fingerprint density at radius 2 is 0.698 bits per heavy atom. The molecular weight excluding hydrogens is 1550 g/mol. The van der Waals surface area contributed by atoms with E-state index in [4.69, 9.17) is 13.3 Å². The Labute approximate surface area is 742 Å². The molecule has 4 aliphatic heterocycles. The van der Waals surface area contributed by atoms with Crippen molar-refractivity contribution in [2.75, 3.05) is 34.3 Å². The third-order valence-corrected chi connectivity index (χ3v) is 27.5. The van der Waals surface area contributed by atoms with Crippen molar-refractivity contribution in [3.05, 3.63) is 358 Å². The summed E-state index contributed by atoms with van der Waals surface area (Å²) in [6.45, 7) is 47.1. The SMILES string of the molecule is Cc1ccc2c(n1)oc1c(N3c4ccccc4N(C(C)(C)c4ccccc4C)[C@@H]3C)c(C)ccc12.Cc1ccc2c(n1)oc1ccc(C)c(C(C)(C)N3c4ccccc4N(c4ccccc4C)[C@H]3C)c12.Cc1ccccc1C(C)(C)N1C=CN(c2cccn2C)[C@H]1C.Cc1ccccc1C(C)(C)N1c2ccccc2N(c2c(C)ccc3c2oc2ccccc23)[C@H]1C. The molecule has 0 aliphatic carbocycles. The van der Waals surface area contributed by atoms with Crippen LogP contribution in [0.3, 0.4) is 0 Å². The first-order chi connectivity index (χ1) is 60.4. The molecule has 14 heteroatoms. The molecule has 0 saturated heterocycles. The van der Waals surface area contributed by atoms with Gasteiger partial charge in [-0.05, 0) is 298 Å². The molecule has 0 unspecified atom stereocenters. The number of nitrogens with zero attached hydrogens (tertiary/aromatic N) is 11. The van der Waals surface area contributed by atoms with Gasteiger partial charge < -0.3 is 57.0 Å². The maximum Gasteiger partial charge on any atom is 0.227 e. The summed E-state index contributed by atoms with van der Waals surface area (Å²) in [6.07, 6.45) is 7.06. The van der Waals surface area contributed by atoms with Crippen LogP contribution in [0, 0.1) is 62.3 Å². The van der Waals surface area contributed by atoms with Gasteiger partial charge >= 0.3 is 0 Å². The lowest BCUT2D eigenvalue weighted by Gasteiger charge is -2.43. The van der Waals surface area contributed by atoms with E-state index in [1.807, 2.05) is 19.9 Å². The van der Waals surface area contributed by atoms with Gasteiger partial charge in [-0.15, -0.1) is 0 Å².